The average molecular weight is 459 g/mol. The molecule has 9 heteroatoms. The fraction of sp³-hybridized carbons (Fsp3) is 0.273. The summed E-state index contributed by atoms with van der Waals surface area (Å²) in [6, 6.07) is 14.1. The van der Waals surface area contributed by atoms with Crippen LogP contribution >= 0.6 is 23.4 Å². The van der Waals surface area contributed by atoms with E-state index in [2.05, 4.69) is 15.5 Å². The molecule has 7 nitrogen and oxygen atoms in total. The van der Waals surface area contributed by atoms with Gasteiger partial charge in [0.1, 0.15) is 0 Å². The zero-order valence-electron chi connectivity index (χ0n) is 17.3. The first-order valence-corrected chi connectivity index (χ1v) is 11.3. The predicted molar refractivity (Wildman–Crippen MR) is 123 cm³/mol. The number of benzene rings is 2. The molecule has 0 spiro atoms. The SMILES string of the molecule is CCCOC(=O)c1cccc(NC(=O)CSc2nnc(-c3ccccc3Cl)n2CC)c1. The number of anilines is 1. The number of nitrogens with one attached hydrogen (secondary N) is 1. The first-order valence-electron chi connectivity index (χ1n) is 9.91. The number of thioether (sulfide) groups is 1. The fourth-order valence-electron chi connectivity index (χ4n) is 2.85. The molecule has 1 amide bonds. The fourth-order valence-corrected chi connectivity index (χ4v) is 3.87. The lowest BCUT2D eigenvalue weighted by molar-refractivity contribution is -0.113. The van der Waals surface area contributed by atoms with Gasteiger partial charge in [-0.2, -0.15) is 0 Å². The van der Waals surface area contributed by atoms with Crippen molar-refractivity contribution in [2.75, 3.05) is 17.7 Å². The van der Waals surface area contributed by atoms with E-state index in [0.29, 0.717) is 40.4 Å². The number of esters is 1. The number of hydrogen-bond donors (Lipinski definition) is 1. The molecule has 0 fully saturated rings. The van der Waals surface area contributed by atoms with Crippen molar-refractivity contribution in [1.82, 2.24) is 14.8 Å². The molecule has 1 heterocycles. The molecule has 1 N–H and O–H groups in total. The number of hydrogen-bond acceptors (Lipinski definition) is 6. The van der Waals surface area contributed by atoms with Crippen LogP contribution in [0.4, 0.5) is 5.69 Å². The highest BCUT2D eigenvalue weighted by Crippen LogP contribution is 2.29. The number of carbonyl (C=O) groups excluding carboxylic acids is 2. The zero-order chi connectivity index (χ0) is 22.2. The molecule has 1 aromatic heterocycles. The van der Waals surface area contributed by atoms with E-state index < -0.39 is 5.97 Å². The van der Waals surface area contributed by atoms with Gasteiger partial charge in [0.2, 0.25) is 5.91 Å². The van der Waals surface area contributed by atoms with Crippen molar-refractivity contribution in [3.63, 3.8) is 0 Å². The minimum atomic E-state index is -0.407. The third-order valence-electron chi connectivity index (χ3n) is 4.30. The molecular formula is C22H23ClN4O3S. The topological polar surface area (TPSA) is 86.1 Å². The van der Waals surface area contributed by atoms with Gasteiger partial charge in [-0.05, 0) is 43.7 Å². The van der Waals surface area contributed by atoms with Gasteiger partial charge in [-0.3, -0.25) is 4.79 Å². The molecule has 3 aromatic rings. The van der Waals surface area contributed by atoms with E-state index in [1.807, 2.05) is 36.6 Å². The van der Waals surface area contributed by atoms with Crippen LogP contribution in [0.2, 0.25) is 5.02 Å². The molecule has 0 unspecified atom stereocenters. The molecule has 0 saturated heterocycles. The third-order valence-corrected chi connectivity index (χ3v) is 5.60. The maximum atomic E-state index is 12.4. The summed E-state index contributed by atoms with van der Waals surface area (Å²) in [6.45, 7) is 4.91. The Morgan fingerprint density at radius 1 is 1.13 bits per heavy atom. The van der Waals surface area contributed by atoms with E-state index in [1.54, 1.807) is 30.3 Å². The Bertz CT molecular complexity index is 1070. The van der Waals surface area contributed by atoms with Gasteiger partial charge in [-0.15, -0.1) is 10.2 Å². The van der Waals surface area contributed by atoms with E-state index in [-0.39, 0.29) is 11.7 Å². The molecule has 0 aliphatic carbocycles. The third kappa shape index (κ3) is 5.86. The lowest BCUT2D eigenvalue weighted by atomic mass is 10.2. The monoisotopic (exact) mass is 458 g/mol. The smallest absolute Gasteiger partial charge is 0.338 e. The molecule has 3 rings (SSSR count). The molecule has 0 aliphatic rings. The Morgan fingerprint density at radius 3 is 2.68 bits per heavy atom. The molecule has 162 valence electrons. The second-order valence-corrected chi connectivity index (χ2v) is 7.93. The zero-order valence-corrected chi connectivity index (χ0v) is 18.9. The van der Waals surface area contributed by atoms with Crippen LogP contribution < -0.4 is 5.32 Å². The van der Waals surface area contributed by atoms with Crippen molar-refractivity contribution in [3.8, 4) is 11.4 Å². The van der Waals surface area contributed by atoms with E-state index in [1.165, 1.54) is 11.8 Å². The normalized spacial score (nSPS) is 10.7. The molecule has 31 heavy (non-hydrogen) atoms. The largest absolute Gasteiger partial charge is 0.462 e. The van der Waals surface area contributed by atoms with Crippen molar-refractivity contribution in [1.29, 1.82) is 0 Å². The van der Waals surface area contributed by atoms with E-state index >= 15 is 0 Å². The first kappa shape index (κ1) is 22.8. The quantitative estimate of drug-likeness (QED) is 0.362. The minimum Gasteiger partial charge on any atom is -0.462 e. The standard InChI is InChI=1S/C22H23ClN4O3S/c1-3-12-30-21(29)15-8-7-9-16(13-15)24-19(28)14-31-22-26-25-20(27(22)4-2)17-10-5-6-11-18(17)23/h5-11,13H,3-4,12,14H2,1-2H3,(H,24,28). The molecule has 0 aliphatic heterocycles. The van der Waals surface area contributed by atoms with Gasteiger partial charge in [0.15, 0.2) is 11.0 Å². The van der Waals surface area contributed by atoms with Gasteiger partial charge in [-0.25, -0.2) is 4.79 Å². The number of ether oxygens (including phenoxy) is 1. The summed E-state index contributed by atoms with van der Waals surface area (Å²) in [5, 5.41) is 12.5. The Labute approximate surface area is 190 Å². The molecule has 2 aromatic carbocycles. The van der Waals surface area contributed by atoms with E-state index in [9.17, 15) is 9.59 Å². The van der Waals surface area contributed by atoms with Crippen LogP contribution in [-0.4, -0.2) is 39.0 Å². The molecule has 0 bridgehead atoms. The highest BCUT2D eigenvalue weighted by atomic mass is 35.5. The van der Waals surface area contributed by atoms with Crippen LogP contribution in [0, 0.1) is 0 Å². The van der Waals surface area contributed by atoms with Crippen LogP contribution in [0.25, 0.3) is 11.4 Å². The maximum Gasteiger partial charge on any atom is 0.338 e. The van der Waals surface area contributed by atoms with Gasteiger partial charge >= 0.3 is 5.97 Å². The molecule has 0 saturated carbocycles. The molecule has 0 atom stereocenters. The second kappa shape index (κ2) is 11.0. The summed E-state index contributed by atoms with van der Waals surface area (Å²) in [4.78, 5) is 24.4. The number of halogens is 1. The van der Waals surface area contributed by atoms with Gasteiger partial charge in [-0.1, -0.05) is 48.5 Å². The van der Waals surface area contributed by atoms with Crippen LogP contribution in [0.1, 0.15) is 30.6 Å². The van der Waals surface area contributed by atoms with Gasteiger partial charge < -0.3 is 14.6 Å². The van der Waals surface area contributed by atoms with E-state index in [0.717, 1.165) is 12.0 Å². The van der Waals surface area contributed by atoms with Crippen LogP contribution in [0.15, 0.2) is 53.7 Å². The van der Waals surface area contributed by atoms with Gasteiger partial charge in [0.05, 0.1) is 22.9 Å². The van der Waals surface area contributed by atoms with Crippen LogP contribution in [-0.2, 0) is 16.1 Å². The second-order valence-electron chi connectivity index (χ2n) is 6.58. The summed E-state index contributed by atoms with van der Waals surface area (Å²) in [6.07, 6.45) is 0.750. The number of rotatable bonds is 9. The summed E-state index contributed by atoms with van der Waals surface area (Å²) in [5.74, 6) is 0.185. The van der Waals surface area contributed by atoms with Crippen LogP contribution in [0.5, 0.6) is 0 Å². The van der Waals surface area contributed by atoms with Crippen molar-refractivity contribution in [2.45, 2.75) is 32.0 Å². The minimum absolute atomic E-state index is 0.144. The number of amides is 1. The average Bonchev–Trinajstić information content (AvgIpc) is 3.19. The Balaban J connectivity index is 1.64. The Hall–Kier alpha value is -2.84. The van der Waals surface area contributed by atoms with E-state index in [4.69, 9.17) is 16.3 Å². The summed E-state index contributed by atoms with van der Waals surface area (Å²) in [5.41, 5.74) is 1.72. The summed E-state index contributed by atoms with van der Waals surface area (Å²) >= 11 is 7.58. The number of aromatic nitrogens is 3. The highest BCUT2D eigenvalue weighted by molar-refractivity contribution is 7.99. The van der Waals surface area contributed by atoms with Crippen molar-refractivity contribution in [3.05, 3.63) is 59.1 Å². The molecular weight excluding hydrogens is 436 g/mol. The summed E-state index contributed by atoms with van der Waals surface area (Å²) < 4.78 is 7.05. The lowest BCUT2D eigenvalue weighted by Gasteiger charge is -2.09. The Morgan fingerprint density at radius 2 is 1.94 bits per heavy atom. The first-order chi connectivity index (χ1) is 15.0. The van der Waals surface area contributed by atoms with Crippen molar-refractivity contribution < 1.29 is 14.3 Å². The maximum absolute atomic E-state index is 12.4. The predicted octanol–water partition coefficient (Wildman–Crippen LogP) is 4.92. The van der Waals surface area contributed by atoms with Gasteiger partial charge in [0.25, 0.3) is 0 Å². The van der Waals surface area contributed by atoms with Crippen molar-refractivity contribution >= 4 is 40.9 Å². The van der Waals surface area contributed by atoms with Gasteiger partial charge in [0, 0.05) is 17.8 Å². The number of nitrogens with zero attached hydrogens (tertiary/aromatic N) is 3. The lowest BCUT2D eigenvalue weighted by Crippen LogP contribution is -2.15. The van der Waals surface area contributed by atoms with Crippen LogP contribution in [0.3, 0.4) is 0 Å². The highest BCUT2D eigenvalue weighted by Gasteiger charge is 2.16. The number of carbonyl (C=O) groups is 2. The van der Waals surface area contributed by atoms with Crippen molar-refractivity contribution in [2.24, 2.45) is 0 Å². The molecule has 0 radical (unpaired) electrons. The Kier molecular flexibility index (Phi) is 8.08. The summed E-state index contributed by atoms with van der Waals surface area (Å²) in [7, 11) is 0.